The lowest BCUT2D eigenvalue weighted by atomic mass is 10.0. The normalized spacial score (nSPS) is 15.5. The lowest BCUT2D eigenvalue weighted by molar-refractivity contribution is -0.143. The molecule has 3 rings (SSSR count). The van der Waals surface area contributed by atoms with Crippen molar-refractivity contribution in [3.63, 3.8) is 0 Å². The molecule has 31 heteroatoms. The Morgan fingerprint density at radius 1 is 0.365 bits per heavy atom. The minimum atomic E-state index is -1.59. The van der Waals surface area contributed by atoms with Gasteiger partial charge in [-0.05, 0) is 43.2 Å². The topological polar surface area (TPSA) is 461 Å². The summed E-state index contributed by atoms with van der Waals surface area (Å²) in [7, 11) is 0. The van der Waals surface area contributed by atoms with E-state index in [2.05, 4.69) is 31.9 Å². The number of urea groups is 1. The molecule has 0 aliphatic carbocycles. The Morgan fingerprint density at radius 2 is 0.729 bits per heavy atom. The molecular weight excluding hydrogens is 1120 g/mol. The monoisotopic (exact) mass is 1200 g/mol. The fourth-order valence-electron chi connectivity index (χ4n) is 8.75. The first kappa shape index (κ1) is 70.5. The highest BCUT2D eigenvalue weighted by Crippen LogP contribution is 2.10. The van der Waals surface area contributed by atoms with Crippen LogP contribution in [0.3, 0.4) is 0 Å². The van der Waals surface area contributed by atoms with Crippen LogP contribution < -0.4 is 37.2 Å². The van der Waals surface area contributed by atoms with Crippen LogP contribution in [0, 0.1) is 0 Å². The Hall–Kier alpha value is -8.81. The van der Waals surface area contributed by atoms with Gasteiger partial charge in [0.1, 0.15) is 30.2 Å². The van der Waals surface area contributed by atoms with Crippen LogP contribution in [0.5, 0.6) is 0 Å². The summed E-state index contributed by atoms with van der Waals surface area (Å²) >= 11 is 0. The zero-order valence-electron chi connectivity index (χ0n) is 46.9. The predicted octanol–water partition coefficient (Wildman–Crippen LogP) is -2.87. The van der Waals surface area contributed by atoms with E-state index in [1.807, 2.05) is 5.32 Å². The molecule has 1 heterocycles. The van der Waals surface area contributed by atoms with Gasteiger partial charge in [-0.3, -0.25) is 62.8 Å². The number of rotatable bonds is 36. The van der Waals surface area contributed by atoms with E-state index in [0.29, 0.717) is 11.1 Å². The van der Waals surface area contributed by atoms with Crippen LogP contribution in [0.4, 0.5) is 4.79 Å². The molecule has 0 saturated carbocycles. The van der Waals surface area contributed by atoms with E-state index in [9.17, 15) is 93.0 Å². The Balaban J connectivity index is 1.64. The molecule has 14 N–H and O–H groups in total. The molecule has 7 amide bonds. The quantitative estimate of drug-likeness (QED) is 0.0305. The van der Waals surface area contributed by atoms with Crippen molar-refractivity contribution in [3.8, 4) is 0 Å². The summed E-state index contributed by atoms with van der Waals surface area (Å²) in [6.45, 7) is -0.619. The molecule has 3 unspecified atom stereocenters. The summed E-state index contributed by atoms with van der Waals surface area (Å²) < 4.78 is 0. The number of carbonyl (C=O) groups is 13. The minimum Gasteiger partial charge on any atom is -0.481 e. The minimum absolute atomic E-state index is 0.0544. The number of carboxylic acid groups (broad SMARTS) is 7. The largest absolute Gasteiger partial charge is 0.481 e. The van der Waals surface area contributed by atoms with Gasteiger partial charge in [0, 0.05) is 97.6 Å². The van der Waals surface area contributed by atoms with Crippen molar-refractivity contribution < 1.29 is 98.1 Å². The predicted molar refractivity (Wildman–Crippen MR) is 297 cm³/mol. The zero-order valence-corrected chi connectivity index (χ0v) is 46.9. The second-order valence-corrected chi connectivity index (χ2v) is 20.1. The van der Waals surface area contributed by atoms with E-state index < -0.39 is 120 Å². The lowest BCUT2D eigenvalue weighted by Crippen LogP contribution is -2.58. The number of carboxylic acids is 7. The molecule has 1 aliphatic heterocycles. The Kier molecular flexibility index (Phi) is 31.6. The van der Waals surface area contributed by atoms with Crippen LogP contribution >= 0.6 is 0 Å². The Bertz CT molecular complexity index is 2550. The summed E-state index contributed by atoms with van der Waals surface area (Å²) in [4.78, 5) is 168. The van der Waals surface area contributed by atoms with E-state index in [1.54, 1.807) is 80.3 Å². The van der Waals surface area contributed by atoms with Gasteiger partial charge in [0.15, 0.2) is 0 Å². The van der Waals surface area contributed by atoms with Crippen molar-refractivity contribution in [1.82, 2.24) is 56.8 Å². The van der Waals surface area contributed by atoms with E-state index in [1.165, 1.54) is 0 Å². The molecule has 2 aromatic rings. The summed E-state index contributed by atoms with van der Waals surface area (Å²) in [6.07, 6.45) is -1.85. The summed E-state index contributed by atoms with van der Waals surface area (Å²) in [5.41, 5.74) is 1.19. The number of nitrogens with one attached hydrogen (secondary N) is 7. The second-order valence-electron chi connectivity index (χ2n) is 20.1. The van der Waals surface area contributed by atoms with E-state index in [0.717, 1.165) is 0 Å². The highest BCUT2D eigenvalue weighted by Gasteiger charge is 2.32. The van der Waals surface area contributed by atoms with E-state index in [4.69, 9.17) is 5.11 Å². The third-order valence-corrected chi connectivity index (χ3v) is 13.3. The van der Waals surface area contributed by atoms with Crippen LogP contribution in [0.15, 0.2) is 60.7 Å². The average Bonchev–Trinajstić information content (AvgIpc) is 3.61. The van der Waals surface area contributed by atoms with Gasteiger partial charge >= 0.3 is 47.8 Å². The summed E-state index contributed by atoms with van der Waals surface area (Å²) in [5, 5.41) is 83.6. The van der Waals surface area contributed by atoms with E-state index >= 15 is 0 Å². The van der Waals surface area contributed by atoms with Crippen LogP contribution in [-0.2, 0) is 70.4 Å². The average molecular weight is 1200 g/mol. The first-order chi connectivity index (χ1) is 40.4. The van der Waals surface area contributed by atoms with Gasteiger partial charge in [0.25, 0.3) is 0 Å². The summed E-state index contributed by atoms with van der Waals surface area (Å²) in [6, 6.07) is 8.57. The number of benzene rings is 2. The standard InChI is InChI=1S/C54H77N11O20/c66-42(55-19-8-7-13-37(51(79)80)60-54(85)61-38(52(81)82)14-17-45(69)70)15-16-43(67)56-20-18-39(53(83)84)58-50(78)41(30-36-11-5-2-6-12-36)59-49(77)40(29-35-9-3-1-4-10-35)57-44(68)31-62-21-23-63(32-46(71)72)25-27-65(34-48(75)76)28-26-64(24-22-62)33-47(73)74/h1-6,9-12,37-41H,7-8,13-34H2,(H,55,66)(H,56,67)(H,57,68)(H,58,78)(H,59,77)(H,69,70)(H,71,72)(H,73,74)(H,75,76)(H,79,80)(H,81,82)(H,83,84)(H2,60,61,85)/t37-,38-,39?,40?,41?/m0/s1. The maximum Gasteiger partial charge on any atom is 0.326 e. The fraction of sp³-hybridized carbons (Fsp3) is 0.537. The van der Waals surface area contributed by atoms with Crippen LogP contribution in [0.2, 0.25) is 0 Å². The SMILES string of the molecule is O=C(O)CC[C@H](NC(=O)N[C@@H](CCCCNC(=O)CCC(=O)NCCC(NC(=O)C(Cc1ccccc1)NC(=O)C(Cc1ccccc1)NC(=O)CN1CCN(CC(=O)O)CCN(CC(=O)O)CCN(CC(=O)O)CC1)C(=O)O)C(=O)O)C(=O)O. The van der Waals surface area contributed by atoms with Gasteiger partial charge < -0.3 is 73.0 Å². The molecular formula is C54H77N11O20. The number of carbonyl (C=O) groups excluding carboxylic acids is 6. The third kappa shape index (κ3) is 30.4. The number of hydrogen-bond donors (Lipinski definition) is 14. The van der Waals surface area contributed by atoms with Crippen molar-refractivity contribution >= 4 is 77.4 Å². The Labute approximate surface area is 488 Å². The van der Waals surface area contributed by atoms with Gasteiger partial charge in [0.05, 0.1) is 26.2 Å². The molecule has 0 aromatic heterocycles. The number of unbranched alkanes of at least 4 members (excludes halogenated alkanes) is 1. The Morgan fingerprint density at radius 3 is 1.13 bits per heavy atom. The van der Waals surface area contributed by atoms with Gasteiger partial charge in [-0.25, -0.2) is 19.2 Å². The molecule has 468 valence electrons. The van der Waals surface area contributed by atoms with Gasteiger partial charge in [-0.2, -0.15) is 0 Å². The smallest absolute Gasteiger partial charge is 0.326 e. The summed E-state index contributed by atoms with van der Waals surface area (Å²) in [5.74, 6) is -12.7. The maximum absolute atomic E-state index is 14.4. The first-order valence-electron chi connectivity index (χ1n) is 27.4. The molecule has 0 bridgehead atoms. The number of amides is 7. The third-order valence-electron chi connectivity index (χ3n) is 13.3. The van der Waals surface area contributed by atoms with E-state index in [-0.39, 0.29) is 143 Å². The van der Waals surface area contributed by atoms with Gasteiger partial charge in [-0.15, -0.1) is 0 Å². The van der Waals surface area contributed by atoms with Gasteiger partial charge in [-0.1, -0.05) is 60.7 Å². The molecule has 0 radical (unpaired) electrons. The molecule has 1 fully saturated rings. The van der Waals surface area contributed by atoms with Gasteiger partial charge in [0.2, 0.25) is 29.5 Å². The number of nitrogens with zero attached hydrogens (tertiary/aromatic N) is 4. The lowest BCUT2D eigenvalue weighted by Gasteiger charge is -2.33. The first-order valence-corrected chi connectivity index (χ1v) is 27.4. The number of hydrogen-bond acceptors (Lipinski definition) is 17. The maximum atomic E-state index is 14.4. The molecule has 0 spiro atoms. The van der Waals surface area contributed by atoms with Crippen molar-refractivity contribution in [2.24, 2.45) is 0 Å². The van der Waals surface area contributed by atoms with Crippen molar-refractivity contribution in [3.05, 3.63) is 71.8 Å². The van der Waals surface area contributed by atoms with Crippen LogP contribution in [0.1, 0.15) is 62.5 Å². The van der Waals surface area contributed by atoms with Crippen LogP contribution in [-0.4, -0.2) is 255 Å². The highest BCUT2D eigenvalue weighted by atomic mass is 16.4. The highest BCUT2D eigenvalue weighted by molar-refractivity contribution is 5.94. The molecule has 1 saturated heterocycles. The number of aliphatic carboxylic acids is 7. The fourth-order valence-corrected chi connectivity index (χ4v) is 8.75. The van der Waals surface area contributed by atoms with Crippen molar-refractivity contribution in [2.45, 2.75) is 94.4 Å². The molecule has 1 aliphatic rings. The van der Waals surface area contributed by atoms with Crippen LogP contribution in [0.25, 0.3) is 0 Å². The molecule has 2 aromatic carbocycles. The molecule has 5 atom stereocenters. The molecule has 85 heavy (non-hydrogen) atoms. The molecule has 31 nitrogen and oxygen atoms in total. The van der Waals surface area contributed by atoms with Crippen molar-refractivity contribution in [1.29, 1.82) is 0 Å². The van der Waals surface area contributed by atoms with Crippen molar-refractivity contribution in [2.75, 3.05) is 91.6 Å². The second kappa shape index (κ2) is 38.1. The zero-order chi connectivity index (χ0) is 62.8.